The van der Waals surface area contributed by atoms with Gasteiger partial charge in [0.15, 0.2) is 0 Å². The SMILES string of the molecule is Cc1ccc(-c2cc(C(=O)NNC(=O)c3c[nH]c4ccccc4c3=O)c3ccccc3n2)cc1. The molecule has 0 radical (unpaired) electrons. The summed E-state index contributed by atoms with van der Waals surface area (Å²) >= 11 is 0. The summed E-state index contributed by atoms with van der Waals surface area (Å²) in [7, 11) is 0. The number of rotatable bonds is 3. The number of aryl methyl sites for hydroxylation is 1. The van der Waals surface area contributed by atoms with Gasteiger partial charge in [-0.3, -0.25) is 25.2 Å². The molecule has 0 unspecified atom stereocenters. The van der Waals surface area contributed by atoms with Crippen molar-refractivity contribution >= 4 is 33.6 Å². The molecule has 7 heteroatoms. The first-order valence-corrected chi connectivity index (χ1v) is 10.7. The van der Waals surface area contributed by atoms with Gasteiger partial charge in [-0.15, -0.1) is 0 Å². The van der Waals surface area contributed by atoms with Crippen LogP contribution in [0.15, 0.2) is 89.9 Å². The Hall–Kier alpha value is -4.78. The Bertz CT molecular complexity index is 1620. The van der Waals surface area contributed by atoms with Crippen LogP contribution in [0.2, 0.25) is 0 Å². The monoisotopic (exact) mass is 448 g/mol. The summed E-state index contributed by atoms with van der Waals surface area (Å²) in [6.07, 6.45) is 1.34. The minimum Gasteiger partial charge on any atom is -0.360 e. The number of aromatic amines is 1. The molecule has 0 aliphatic rings. The topological polar surface area (TPSA) is 104 Å². The van der Waals surface area contributed by atoms with Crippen molar-refractivity contribution in [2.75, 3.05) is 0 Å². The number of pyridine rings is 2. The van der Waals surface area contributed by atoms with Crippen molar-refractivity contribution < 1.29 is 9.59 Å². The van der Waals surface area contributed by atoms with Crippen molar-refractivity contribution in [3.05, 3.63) is 112 Å². The number of H-pyrrole nitrogens is 1. The normalized spacial score (nSPS) is 10.9. The largest absolute Gasteiger partial charge is 0.360 e. The van der Waals surface area contributed by atoms with E-state index in [2.05, 4.69) is 20.8 Å². The molecule has 0 bridgehead atoms. The number of para-hydroxylation sites is 2. The van der Waals surface area contributed by atoms with Crippen LogP contribution in [0, 0.1) is 6.92 Å². The Morgan fingerprint density at radius 3 is 2.21 bits per heavy atom. The summed E-state index contributed by atoms with van der Waals surface area (Å²) in [6, 6.07) is 23.7. The molecule has 2 amide bonds. The summed E-state index contributed by atoms with van der Waals surface area (Å²) < 4.78 is 0. The van der Waals surface area contributed by atoms with Gasteiger partial charge in [-0.25, -0.2) is 4.98 Å². The smallest absolute Gasteiger partial charge is 0.275 e. The molecule has 0 aliphatic heterocycles. The third-order valence-electron chi connectivity index (χ3n) is 5.63. The van der Waals surface area contributed by atoms with Gasteiger partial charge in [0.1, 0.15) is 5.56 Å². The van der Waals surface area contributed by atoms with Crippen molar-refractivity contribution in [1.82, 2.24) is 20.8 Å². The first-order chi connectivity index (χ1) is 16.5. The van der Waals surface area contributed by atoms with Crippen LogP contribution < -0.4 is 16.3 Å². The number of benzene rings is 3. The minimum absolute atomic E-state index is 0.0982. The second-order valence-corrected chi connectivity index (χ2v) is 7.92. The predicted molar refractivity (Wildman–Crippen MR) is 131 cm³/mol. The molecule has 0 spiro atoms. The second kappa shape index (κ2) is 8.63. The molecule has 34 heavy (non-hydrogen) atoms. The Balaban J connectivity index is 1.44. The van der Waals surface area contributed by atoms with Crippen LogP contribution in [0.25, 0.3) is 33.1 Å². The maximum atomic E-state index is 13.1. The van der Waals surface area contributed by atoms with Crippen LogP contribution in [0.3, 0.4) is 0 Å². The number of nitrogens with zero attached hydrogens (tertiary/aromatic N) is 1. The first kappa shape index (κ1) is 21.1. The van der Waals surface area contributed by atoms with Crippen LogP contribution in [-0.2, 0) is 0 Å². The Kier molecular flexibility index (Phi) is 5.35. The van der Waals surface area contributed by atoms with Gasteiger partial charge in [0.25, 0.3) is 11.8 Å². The molecule has 2 aromatic heterocycles. The number of fused-ring (bicyclic) bond motifs is 2. The highest BCUT2D eigenvalue weighted by molar-refractivity contribution is 6.08. The fraction of sp³-hybridized carbons (Fsp3) is 0.0370. The molecule has 2 heterocycles. The van der Waals surface area contributed by atoms with E-state index in [-0.39, 0.29) is 5.56 Å². The number of carbonyl (C=O) groups excluding carboxylic acids is 2. The molecule has 0 saturated carbocycles. The van der Waals surface area contributed by atoms with Gasteiger partial charge in [-0.1, -0.05) is 60.2 Å². The van der Waals surface area contributed by atoms with Crippen molar-refractivity contribution in [2.24, 2.45) is 0 Å². The summed E-state index contributed by atoms with van der Waals surface area (Å²) in [6.45, 7) is 2.00. The first-order valence-electron chi connectivity index (χ1n) is 10.7. The van der Waals surface area contributed by atoms with E-state index >= 15 is 0 Å². The molecular weight excluding hydrogens is 428 g/mol. The molecular formula is C27H20N4O3. The number of aromatic nitrogens is 2. The van der Waals surface area contributed by atoms with Crippen LogP contribution in [0.1, 0.15) is 26.3 Å². The summed E-state index contributed by atoms with van der Waals surface area (Å²) in [5.74, 6) is -1.23. The summed E-state index contributed by atoms with van der Waals surface area (Å²) in [4.78, 5) is 46.1. The van der Waals surface area contributed by atoms with Crippen molar-refractivity contribution in [2.45, 2.75) is 6.92 Å². The number of hydrogen-bond acceptors (Lipinski definition) is 4. The molecule has 0 saturated heterocycles. The molecule has 5 rings (SSSR count). The highest BCUT2D eigenvalue weighted by Crippen LogP contribution is 2.25. The molecule has 0 atom stereocenters. The maximum absolute atomic E-state index is 13.1. The van der Waals surface area contributed by atoms with E-state index in [9.17, 15) is 14.4 Å². The average Bonchev–Trinajstić information content (AvgIpc) is 2.87. The van der Waals surface area contributed by atoms with Gasteiger partial charge in [-0.2, -0.15) is 0 Å². The van der Waals surface area contributed by atoms with E-state index in [0.717, 1.165) is 11.1 Å². The third kappa shape index (κ3) is 3.91. The van der Waals surface area contributed by atoms with E-state index in [1.807, 2.05) is 49.4 Å². The van der Waals surface area contributed by atoms with Crippen molar-refractivity contribution in [1.29, 1.82) is 0 Å². The van der Waals surface area contributed by atoms with Gasteiger partial charge in [0.2, 0.25) is 5.43 Å². The molecule has 3 aromatic carbocycles. The Morgan fingerprint density at radius 2 is 1.44 bits per heavy atom. The average molecular weight is 448 g/mol. The number of carbonyl (C=O) groups is 2. The van der Waals surface area contributed by atoms with Crippen LogP contribution in [-0.4, -0.2) is 21.8 Å². The summed E-state index contributed by atoms with van der Waals surface area (Å²) in [5.41, 5.74) is 8.54. The lowest BCUT2D eigenvalue weighted by Crippen LogP contribution is -2.43. The summed E-state index contributed by atoms with van der Waals surface area (Å²) in [5, 5.41) is 1.04. The zero-order valence-electron chi connectivity index (χ0n) is 18.3. The van der Waals surface area contributed by atoms with Crippen molar-refractivity contribution in [3.63, 3.8) is 0 Å². The Morgan fingerprint density at radius 1 is 0.794 bits per heavy atom. The number of hydrogen-bond donors (Lipinski definition) is 3. The van der Waals surface area contributed by atoms with E-state index in [0.29, 0.717) is 33.1 Å². The standard InChI is InChI=1S/C27H20N4O3/c1-16-10-12-17(13-11-16)24-14-20(18-6-2-5-9-23(18)29-24)26(33)30-31-27(34)21-15-28-22-8-4-3-7-19(22)25(21)32/h2-15H,1H3,(H,28,32)(H,30,33)(H,31,34). The third-order valence-corrected chi connectivity index (χ3v) is 5.63. The van der Waals surface area contributed by atoms with Crippen molar-refractivity contribution in [3.8, 4) is 11.3 Å². The molecule has 166 valence electrons. The quantitative estimate of drug-likeness (QED) is 0.361. The van der Waals surface area contributed by atoms with E-state index in [1.165, 1.54) is 6.20 Å². The Labute approximate surface area is 194 Å². The van der Waals surface area contributed by atoms with Crippen LogP contribution >= 0.6 is 0 Å². The lowest BCUT2D eigenvalue weighted by atomic mass is 10.0. The lowest BCUT2D eigenvalue weighted by molar-refractivity contribution is 0.0847. The van der Waals surface area contributed by atoms with Crippen LogP contribution in [0.4, 0.5) is 0 Å². The lowest BCUT2D eigenvalue weighted by Gasteiger charge is -2.12. The van der Waals surface area contributed by atoms with Gasteiger partial charge >= 0.3 is 0 Å². The highest BCUT2D eigenvalue weighted by atomic mass is 16.2. The highest BCUT2D eigenvalue weighted by Gasteiger charge is 2.17. The zero-order valence-corrected chi connectivity index (χ0v) is 18.3. The maximum Gasteiger partial charge on any atom is 0.275 e. The van der Waals surface area contributed by atoms with Gasteiger partial charge in [0.05, 0.1) is 16.8 Å². The molecule has 0 fully saturated rings. The minimum atomic E-state index is -0.711. The zero-order chi connectivity index (χ0) is 23.7. The van der Waals surface area contributed by atoms with Gasteiger partial charge < -0.3 is 4.98 Å². The molecule has 0 aliphatic carbocycles. The number of amides is 2. The molecule has 7 nitrogen and oxygen atoms in total. The fourth-order valence-electron chi connectivity index (χ4n) is 3.82. The van der Waals surface area contributed by atoms with Gasteiger partial charge in [-0.05, 0) is 31.2 Å². The van der Waals surface area contributed by atoms with E-state index in [1.54, 1.807) is 36.4 Å². The molecule has 3 N–H and O–H groups in total. The van der Waals surface area contributed by atoms with Gasteiger partial charge in [0, 0.05) is 28.0 Å². The fourth-order valence-corrected chi connectivity index (χ4v) is 3.82. The van der Waals surface area contributed by atoms with E-state index < -0.39 is 17.2 Å². The second-order valence-electron chi connectivity index (χ2n) is 7.92. The van der Waals surface area contributed by atoms with Crippen LogP contribution in [0.5, 0.6) is 0 Å². The number of nitrogens with one attached hydrogen (secondary N) is 3. The molecule has 5 aromatic rings. The number of hydrazine groups is 1. The van der Waals surface area contributed by atoms with E-state index in [4.69, 9.17) is 0 Å². The predicted octanol–water partition coefficient (Wildman–Crippen LogP) is 4.13.